The van der Waals surface area contributed by atoms with Crippen LogP contribution < -0.4 is 5.56 Å². The van der Waals surface area contributed by atoms with Gasteiger partial charge in [-0.15, -0.1) is 0 Å². The van der Waals surface area contributed by atoms with Gasteiger partial charge in [-0.2, -0.15) is 0 Å². The quantitative estimate of drug-likeness (QED) is 0.691. The molecule has 0 radical (unpaired) electrons. The zero-order valence-electron chi connectivity index (χ0n) is 10.7. The zero-order chi connectivity index (χ0) is 13.9. The SMILES string of the molecule is O=c1ccccn1-c1ccc(-c2ccccc2Cl)cc1. The molecular formula is C17H12ClNO. The van der Waals surface area contributed by atoms with Crippen molar-refractivity contribution in [1.82, 2.24) is 4.57 Å². The second-order valence-electron chi connectivity index (χ2n) is 4.44. The molecule has 20 heavy (non-hydrogen) atoms. The summed E-state index contributed by atoms with van der Waals surface area (Å²) in [6.45, 7) is 0. The summed E-state index contributed by atoms with van der Waals surface area (Å²) < 4.78 is 1.61. The molecule has 3 heteroatoms. The largest absolute Gasteiger partial charge is 0.284 e. The Balaban J connectivity index is 2.03. The van der Waals surface area contributed by atoms with Gasteiger partial charge in [0.2, 0.25) is 0 Å². The average Bonchev–Trinajstić information content (AvgIpc) is 2.49. The number of benzene rings is 2. The van der Waals surface area contributed by atoms with Gasteiger partial charge in [0, 0.05) is 28.5 Å². The van der Waals surface area contributed by atoms with Crippen molar-refractivity contribution in [3.8, 4) is 16.8 Å². The van der Waals surface area contributed by atoms with Crippen LogP contribution in [0.15, 0.2) is 77.7 Å². The summed E-state index contributed by atoms with van der Waals surface area (Å²) in [5.41, 5.74) is 2.81. The third-order valence-electron chi connectivity index (χ3n) is 3.15. The maximum absolute atomic E-state index is 11.8. The van der Waals surface area contributed by atoms with E-state index in [1.165, 1.54) is 0 Å². The molecule has 0 saturated carbocycles. The lowest BCUT2D eigenvalue weighted by Gasteiger charge is -2.08. The number of halogens is 1. The minimum atomic E-state index is -0.0435. The van der Waals surface area contributed by atoms with Crippen molar-refractivity contribution in [2.75, 3.05) is 0 Å². The van der Waals surface area contributed by atoms with E-state index < -0.39 is 0 Å². The monoisotopic (exact) mass is 281 g/mol. The van der Waals surface area contributed by atoms with Crippen molar-refractivity contribution in [3.63, 3.8) is 0 Å². The van der Waals surface area contributed by atoms with Crippen LogP contribution in [0.3, 0.4) is 0 Å². The Morgan fingerprint density at radius 2 is 1.50 bits per heavy atom. The molecule has 0 amide bonds. The molecule has 1 aromatic heterocycles. The highest BCUT2D eigenvalue weighted by molar-refractivity contribution is 6.33. The molecule has 1 heterocycles. The molecule has 3 rings (SSSR count). The topological polar surface area (TPSA) is 22.0 Å². The Kier molecular flexibility index (Phi) is 3.40. The van der Waals surface area contributed by atoms with Gasteiger partial charge < -0.3 is 0 Å². The van der Waals surface area contributed by atoms with Crippen LogP contribution in [0, 0.1) is 0 Å². The van der Waals surface area contributed by atoms with E-state index in [0.29, 0.717) is 0 Å². The highest BCUT2D eigenvalue weighted by atomic mass is 35.5. The van der Waals surface area contributed by atoms with Crippen LogP contribution in [0.4, 0.5) is 0 Å². The van der Waals surface area contributed by atoms with Crippen LogP contribution in [0.5, 0.6) is 0 Å². The second kappa shape index (κ2) is 5.35. The van der Waals surface area contributed by atoms with Gasteiger partial charge in [0.25, 0.3) is 5.56 Å². The van der Waals surface area contributed by atoms with Gasteiger partial charge >= 0.3 is 0 Å². The predicted molar refractivity (Wildman–Crippen MR) is 82.5 cm³/mol. The van der Waals surface area contributed by atoms with Gasteiger partial charge in [-0.25, -0.2) is 0 Å². The van der Waals surface area contributed by atoms with Gasteiger partial charge in [-0.3, -0.25) is 9.36 Å². The fourth-order valence-electron chi connectivity index (χ4n) is 2.14. The minimum absolute atomic E-state index is 0.0435. The summed E-state index contributed by atoms with van der Waals surface area (Å²) in [6.07, 6.45) is 1.76. The first-order valence-electron chi connectivity index (χ1n) is 6.29. The molecule has 98 valence electrons. The van der Waals surface area contributed by atoms with Gasteiger partial charge in [-0.05, 0) is 29.8 Å². The molecule has 0 spiro atoms. The Labute approximate surface area is 121 Å². The summed E-state index contributed by atoms with van der Waals surface area (Å²) in [5.74, 6) is 0. The summed E-state index contributed by atoms with van der Waals surface area (Å²) >= 11 is 6.19. The number of nitrogens with zero attached hydrogens (tertiary/aromatic N) is 1. The normalized spacial score (nSPS) is 10.4. The maximum atomic E-state index is 11.8. The van der Waals surface area contributed by atoms with Crippen molar-refractivity contribution in [2.24, 2.45) is 0 Å². The highest BCUT2D eigenvalue weighted by Gasteiger charge is 2.03. The Morgan fingerprint density at radius 1 is 0.800 bits per heavy atom. The maximum Gasteiger partial charge on any atom is 0.255 e. The van der Waals surface area contributed by atoms with Gasteiger partial charge in [-0.1, -0.05) is 48.0 Å². The molecule has 2 aromatic carbocycles. The van der Waals surface area contributed by atoms with Crippen molar-refractivity contribution in [2.45, 2.75) is 0 Å². The lowest BCUT2D eigenvalue weighted by atomic mass is 10.1. The van der Waals surface area contributed by atoms with Gasteiger partial charge in [0.1, 0.15) is 0 Å². The van der Waals surface area contributed by atoms with E-state index in [1.807, 2.05) is 54.6 Å². The standard InChI is InChI=1S/C17H12ClNO/c18-16-6-2-1-5-15(16)13-8-10-14(11-9-13)19-12-4-3-7-17(19)20/h1-12H. The Hall–Kier alpha value is -2.32. The van der Waals surface area contributed by atoms with Crippen molar-refractivity contribution >= 4 is 11.6 Å². The van der Waals surface area contributed by atoms with Crippen LogP contribution >= 0.6 is 11.6 Å². The summed E-state index contributed by atoms with van der Waals surface area (Å²) in [7, 11) is 0. The second-order valence-corrected chi connectivity index (χ2v) is 4.84. The molecular weight excluding hydrogens is 270 g/mol. The Morgan fingerprint density at radius 3 is 2.20 bits per heavy atom. The fourth-order valence-corrected chi connectivity index (χ4v) is 2.38. The molecule has 3 aromatic rings. The molecule has 0 atom stereocenters. The van der Waals surface area contributed by atoms with Gasteiger partial charge in [0.05, 0.1) is 0 Å². The number of hydrogen-bond acceptors (Lipinski definition) is 1. The highest BCUT2D eigenvalue weighted by Crippen LogP contribution is 2.27. The minimum Gasteiger partial charge on any atom is -0.284 e. The van der Waals surface area contributed by atoms with Crippen molar-refractivity contribution < 1.29 is 0 Å². The van der Waals surface area contributed by atoms with E-state index >= 15 is 0 Å². The number of pyridine rings is 1. The van der Waals surface area contributed by atoms with E-state index in [2.05, 4.69) is 0 Å². The van der Waals surface area contributed by atoms with Crippen LogP contribution in [-0.4, -0.2) is 4.57 Å². The number of hydrogen-bond donors (Lipinski definition) is 0. The molecule has 2 nitrogen and oxygen atoms in total. The first-order chi connectivity index (χ1) is 9.75. The van der Waals surface area contributed by atoms with Crippen molar-refractivity contribution in [3.05, 3.63) is 88.3 Å². The predicted octanol–water partition coefficient (Wildman–Crippen LogP) is 4.16. The van der Waals surface area contributed by atoms with Crippen LogP contribution in [-0.2, 0) is 0 Å². The summed E-state index contributed by atoms with van der Waals surface area (Å²) in [4.78, 5) is 11.8. The first-order valence-corrected chi connectivity index (χ1v) is 6.66. The molecule has 0 bridgehead atoms. The third kappa shape index (κ3) is 2.38. The van der Waals surface area contributed by atoms with Gasteiger partial charge in [0.15, 0.2) is 0 Å². The molecule has 0 fully saturated rings. The molecule has 0 unspecified atom stereocenters. The lowest BCUT2D eigenvalue weighted by Crippen LogP contribution is -2.15. The molecule has 0 N–H and O–H groups in total. The van der Waals surface area contributed by atoms with Crippen molar-refractivity contribution in [1.29, 1.82) is 0 Å². The van der Waals surface area contributed by atoms with Crippen LogP contribution in [0.2, 0.25) is 5.02 Å². The Bertz CT molecular complexity index is 790. The molecule has 0 saturated heterocycles. The van der Waals surface area contributed by atoms with Crippen LogP contribution in [0.25, 0.3) is 16.8 Å². The number of aromatic nitrogens is 1. The molecule has 0 aliphatic carbocycles. The van der Waals surface area contributed by atoms with E-state index in [4.69, 9.17) is 11.6 Å². The fraction of sp³-hybridized carbons (Fsp3) is 0. The first kappa shape index (κ1) is 12.7. The van der Waals surface area contributed by atoms with Crippen LogP contribution in [0.1, 0.15) is 0 Å². The van der Waals surface area contributed by atoms with E-state index in [1.54, 1.807) is 22.9 Å². The van der Waals surface area contributed by atoms with E-state index in [9.17, 15) is 4.79 Å². The lowest BCUT2D eigenvalue weighted by molar-refractivity contribution is 0.991. The average molecular weight is 282 g/mol. The number of rotatable bonds is 2. The molecule has 0 aliphatic rings. The van der Waals surface area contributed by atoms with E-state index in [0.717, 1.165) is 21.8 Å². The summed E-state index contributed by atoms with van der Waals surface area (Å²) in [6, 6.07) is 20.6. The third-order valence-corrected chi connectivity index (χ3v) is 3.48. The smallest absolute Gasteiger partial charge is 0.255 e. The summed E-state index contributed by atoms with van der Waals surface area (Å²) in [5, 5.41) is 0.720. The molecule has 0 aliphatic heterocycles. The zero-order valence-corrected chi connectivity index (χ0v) is 11.4. The van der Waals surface area contributed by atoms with E-state index in [-0.39, 0.29) is 5.56 Å².